The van der Waals surface area contributed by atoms with Gasteiger partial charge in [-0.2, -0.15) is 0 Å². The fraction of sp³-hybridized carbons (Fsp3) is 0.625. The summed E-state index contributed by atoms with van der Waals surface area (Å²) in [5.41, 5.74) is 4.73. The number of pyridine rings is 1. The maximum Gasteiger partial charge on any atom is 0.309 e. The zero-order chi connectivity index (χ0) is 22.8. The second kappa shape index (κ2) is 12.4. The topological polar surface area (TPSA) is 73.3 Å². The Morgan fingerprint density at radius 2 is 2.06 bits per heavy atom. The highest BCUT2D eigenvalue weighted by Gasteiger charge is 2.20. The van der Waals surface area contributed by atoms with Gasteiger partial charge < -0.3 is 19.2 Å². The third-order valence-corrected chi connectivity index (χ3v) is 5.62. The van der Waals surface area contributed by atoms with E-state index in [1.807, 2.05) is 19.9 Å². The van der Waals surface area contributed by atoms with Crippen LogP contribution in [-0.2, 0) is 25.5 Å². The molecule has 1 aliphatic rings. The summed E-state index contributed by atoms with van der Waals surface area (Å²) in [5.74, 6) is -0.217. The fourth-order valence-corrected chi connectivity index (χ4v) is 3.63. The van der Waals surface area contributed by atoms with Gasteiger partial charge in [-0.3, -0.25) is 9.78 Å². The second-order valence-corrected chi connectivity index (χ2v) is 8.20. The van der Waals surface area contributed by atoms with Crippen LogP contribution in [-0.4, -0.2) is 56.7 Å². The molecule has 0 fully saturated rings. The molecule has 0 bridgehead atoms. The van der Waals surface area contributed by atoms with E-state index < -0.39 is 0 Å². The number of hydrogen-bond donors (Lipinski definition) is 0. The van der Waals surface area contributed by atoms with Crippen LogP contribution in [0.3, 0.4) is 0 Å². The number of carbonyl (C=O) groups excluding carboxylic acids is 1. The number of carbonyl (C=O) groups is 1. The quantitative estimate of drug-likeness (QED) is 0.241. The monoisotopic (exact) mass is 431 g/mol. The summed E-state index contributed by atoms with van der Waals surface area (Å²) in [7, 11) is 3.02. The first-order valence-corrected chi connectivity index (χ1v) is 11.0. The molecule has 1 aliphatic heterocycles. The largest absolute Gasteiger partial charge is 0.469 e. The van der Waals surface area contributed by atoms with Crippen molar-refractivity contribution in [2.24, 2.45) is 11.1 Å². The Balaban J connectivity index is 1.93. The van der Waals surface area contributed by atoms with Gasteiger partial charge in [0.1, 0.15) is 12.2 Å². The molecule has 31 heavy (non-hydrogen) atoms. The molecule has 0 saturated carbocycles. The number of esters is 1. The molecule has 7 nitrogen and oxygen atoms in total. The van der Waals surface area contributed by atoms with Crippen molar-refractivity contribution in [3.05, 3.63) is 35.2 Å². The van der Waals surface area contributed by atoms with E-state index in [2.05, 4.69) is 34.7 Å². The predicted molar refractivity (Wildman–Crippen MR) is 124 cm³/mol. The summed E-state index contributed by atoms with van der Waals surface area (Å²) in [4.78, 5) is 24.1. The number of fused-ring (bicyclic) bond motifs is 1. The normalized spacial score (nSPS) is 17.3. The highest BCUT2D eigenvalue weighted by Crippen LogP contribution is 2.27. The highest BCUT2D eigenvalue weighted by molar-refractivity contribution is 5.71. The second-order valence-electron chi connectivity index (χ2n) is 8.20. The summed E-state index contributed by atoms with van der Waals surface area (Å²) < 4.78 is 10.1. The number of methoxy groups -OCH3 is 2. The lowest BCUT2D eigenvalue weighted by atomic mass is 10.0. The fourth-order valence-electron chi connectivity index (χ4n) is 3.63. The van der Waals surface area contributed by atoms with E-state index in [1.54, 1.807) is 19.4 Å². The van der Waals surface area contributed by atoms with Crippen LogP contribution < -0.4 is 4.90 Å². The van der Waals surface area contributed by atoms with Crippen molar-refractivity contribution in [2.75, 3.05) is 32.2 Å². The molecular formula is C24H37N3O4. The van der Waals surface area contributed by atoms with Crippen molar-refractivity contribution in [3.8, 4) is 0 Å². The Labute approximate surface area is 186 Å². The molecule has 172 valence electrons. The van der Waals surface area contributed by atoms with Gasteiger partial charge in [0.25, 0.3) is 0 Å². The molecule has 1 aromatic rings. The SMILES string of the molecule is COC(=O)CC=C[C@@H](C)[C@@H](C=NOC(C)CN1CCCCc2nc(C)c(C)cc21)OC. The predicted octanol–water partition coefficient (Wildman–Crippen LogP) is 4.00. The van der Waals surface area contributed by atoms with E-state index in [1.165, 1.54) is 24.1 Å². The molecule has 0 aromatic carbocycles. The molecule has 0 N–H and O–H groups in total. The van der Waals surface area contributed by atoms with Gasteiger partial charge in [-0.15, -0.1) is 0 Å². The number of rotatable bonds is 10. The van der Waals surface area contributed by atoms with E-state index in [0.29, 0.717) is 0 Å². The van der Waals surface area contributed by atoms with Crippen LogP contribution in [0.4, 0.5) is 5.69 Å². The van der Waals surface area contributed by atoms with Gasteiger partial charge in [-0.1, -0.05) is 24.2 Å². The van der Waals surface area contributed by atoms with Crippen LogP contribution in [0, 0.1) is 19.8 Å². The summed E-state index contributed by atoms with van der Waals surface area (Å²) in [6, 6.07) is 2.25. The molecule has 0 radical (unpaired) electrons. The first kappa shape index (κ1) is 24.9. The molecule has 0 spiro atoms. The highest BCUT2D eigenvalue weighted by atomic mass is 16.6. The van der Waals surface area contributed by atoms with Gasteiger partial charge in [0, 0.05) is 25.3 Å². The van der Waals surface area contributed by atoms with Gasteiger partial charge in [-0.05, 0) is 51.7 Å². The minimum atomic E-state index is -0.265. The number of nitrogens with zero attached hydrogens (tertiary/aromatic N) is 3. The minimum absolute atomic E-state index is 0.0482. The molecule has 2 rings (SSSR count). The van der Waals surface area contributed by atoms with E-state index in [-0.39, 0.29) is 30.5 Å². The zero-order valence-corrected chi connectivity index (χ0v) is 19.8. The summed E-state index contributed by atoms with van der Waals surface area (Å²) in [6.07, 6.45) is 8.63. The van der Waals surface area contributed by atoms with Gasteiger partial charge >= 0.3 is 5.97 Å². The smallest absolute Gasteiger partial charge is 0.309 e. The Bertz CT molecular complexity index is 778. The molecule has 7 heteroatoms. The van der Waals surface area contributed by atoms with E-state index >= 15 is 0 Å². The summed E-state index contributed by atoms with van der Waals surface area (Å²) in [5, 5.41) is 4.18. The van der Waals surface area contributed by atoms with Crippen molar-refractivity contribution in [1.82, 2.24) is 4.98 Å². The minimum Gasteiger partial charge on any atom is -0.469 e. The average molecular weight is 432 g/mol. The zero-order valence-electron chi connectivity index (χ0n) is 19.8. The maximum absolute atomic E-state index is 11.2. The number of ether oxygens (including phenoxy) is 2. The maximum atomic E-state index is 11.2. The lowest BCUT2D eigenvalue weighted by Gasteiger charge is -2.27. The van der Waals surface area contributed by atoms with Crippen LogP contribution in [0.25, 0.3) is 0 Å². The standard InChI is InChI=1S/C24H37N3O4/c1-17(10-9-12-24(28)30-6)23(29-5)15-25-31-19(3)16-27-13-8-7-11-21-22(27)14-18(2)20(4)26-21/h9-10,14-15,17,19,23H,7-8,11-13,16H2,1-6H3/t17-,19?,23-/m1/s1. The number of aryl methyl sites for hydroxylation is 3. The molecule has 0 amide bonds. The van der Waals surface area contributed by atoms with Gasteiger partial charge in [0.2, 0.25) is 0 Å². The number of hydrogen-bond acceptors (Lipinski definition) is 7. The Kier molecular flexibility index (Phi) is 9.98. The first-order chi connectivity index (χ1) is 14.8. The molecule has 2 heterocycles. The van der Waals surface area contributed by atoms with Crippen molar-refractivity contribution >= 4 is 17.9 Å². The van der Waals surface area contributed by atoms with Gasteiger partial charge in [0.05, 0.1) is 37.7 Å². The van der Waals surface area contributed by atoms with Crippen LogP contribution >= 0.6 is 0 Å². The summed E-state index contributed by atoms with van der Waals surface area (Å²) >= 11 is 0. The van der Waals surface area contributed by atoms with Gasteiger partial charge in [-0.25, -0.2) is 0 Å². The van der Waals surface area contributed by atoms with Crippen molar-refractivity contribution in [2.45, 2.75) is 65.6 Å². The summed E-state index contributed by atoms with van der Waals surface area (Å²) in [6.45, 7) is 9.96. The molecule has 0 saturated heterocycles. The molecule has 1 unspecified atom stereocenters. The van der Waals surface area contributed by atoms with Crippen molar-refractivity contribution in [3.63, 3.8) is 0 Å². The third-order valence-electron chi connectivity index (χ3n) is 5.62. The lowest BCUT2D eigenvalue weighted by Crippen LogP contribution is -2.33. The Morgan fingerprint density at radius 1 is 1.29 bits per heavy atom. The van der Waals surface area contributed by atoms with E-state index in [0.717, 1.165) is 38.0 Å². The van der Waals surface area contributed by atoms with E-state index in [4.69, 9.17) is 14.6 Å². The average Bonchev–Trinajstić information content (AvgIpc) is 2.93. The first-order valence-electron chi connectivity index (χ1n) is 11.0. The Hall–Kier alpha value is -2.41. The number of anilines is 1. The van der Waals surface area contributed by atoms with Crippen LogP contribution in [0.2, 0.25) is 0 Å². The number of aromatic nitrogens is 1. The van der Waals surface area contributed by atoms with Crippen LogP contribution in [0.5, 0.6) is 0 Å². The molecule has 0 aliphatic carbocycles. The molecule has 1 aromatic heterocycles. The number of oxime groups is 1. The van der Waals surface area contributed by atoms with Crippen molar-refractivity contribution in [1.29, 1.82) is 0 Å². The Morgan fingerprint density at radius 3 is 2.77 bits per heavy atom. The molecular weight excluding hydrogens is 394 g/mol. The third kappa shape index (κ3) is 7.65. The molecule has 3 atom stereocenters. The van der Waals surface area contributed by atoms with Crippen molar-refractivity contribution < 1.29 is 19.1 Å². The van der Waals surface area contributed by atoms with Crippen LogP contribution in [0.15, 0.2) is 23.4 Å². The van der Waals surface area contributed by atoms with Crippen LogP contribution in [0.1, 0.15) is 50.1 Å². The van der Waals surface area contributed by atoms with Gasteiger partial charge in [0.15, 0.2) is 0 Å². The lowest BCUT2D eigenvalue weighted by molar-refractivity contribution is -0.139. The van der Waals surface area contributed by atoms with E-state index in [9.17, 15) is 4.79 Å².